The molecule has 2 heteroatoms. The summed E-state index contributed by atoms with van der Waals surface area (Å²) >= 11 is 2.02. The van der Waals surface area contributed by atoms with E-state index in [9.17, 15) is 0 Å². The average molecular weight is 294 g/mol. The fraction of sp³-hybridized carbons (Fsp3) is 0.667. The van der Waals surface area contributed by atoms with E-state index < -0.39 is 0 Å². The van der Waals surface area contributed by atoms with Gasteiger partial charge in [-0.2, -0.15) is 0 Å². The lowest BCUT2D eigenvalue weighted by Crippen LogP contribution is -2.21. The minimum Gasteiger partial charge on any atom is -0.310 e. The van der Waals surface area contributed by atoms with Gasteiger partial charge in [-0.3, -0.25) is 0 Å². The van der Waals surface area contributed by atoms with E-state index in [4.69, 9.17) is 0 Å². The Labute approximate surface area is 129 Å². The van der Waals surface area contributed by atoms with Crippen molar-refractivity contribution in [2.24, 2.45) is 5.92 Å². The average Bonchev–Trinajstić information content (AvgIpc) is 2.46. The third kappa shape index (κ3) is 7.35. The maximum Gasteiger partial charge on any atom is 0.0208 e. The van der Waals surface area contributed by atoms with Gasteiger partial charge in [-0.05, 0) is 30.0 Å². The number of thioether (sulfide) groups is 1. The number of nitrogens with one attached hydrogen (secondary N) is 1. The van der Waals surface area contributed by atoms with E-state index in [0.717, 1.165) is 12.5 Å². The van der Waals surface area contributed by atoms with Crippen LogP contribution in [-0.4, -0.2) is 11.8 Å². The molecule has 0 saturated heterocycles. The van der Waals surface area contributed by atoms with E-state index in [1.54, 1.807) is 0 Å². The Bertz CT molecular complexity index is 362. The van der Waals surface area contributed by atoms with Crippen LogP contribution in [0.4, 0.5) is 0 Å². The first-order chi connectivity index (χ1) is 9.65. The Hall–Kier alpha value is -0.470. The normalized spacial score (nSPS) is 12.8. The summed E-state index contributed by atoms with van der Waals surface area (Å²) < 4.78 is 0. The zero-order valence-electron chi connectivity index (χ0n) is 13.6. The molecule has 1 rings (SSSR count). The van der Waals surface area contributed by atoms with Crippen LogP contribution >= 0.6 is 11.8 Å². The molecule has 0 aromatic heterocycles. The second kappa shape index (κ2) is 10.3. The van der Waals surface area contributed by atoms with E-state index in [-0.39, 0.29) is 0 Å². The molecule has 1 atom stereocenters. The molecule has 1 unspecified atom stereocenters. The van der Waals surface area contributed by atoms with Crippen LogP contribution in [0.3, 0.4) is 0 Å². The van der Waals surface area contributed by atoms with Gasteiger partial charge in [-0.25, -0.2) is 0 Å². The van der Waals surface area contributed by atoms with E-state index in [2.05, 4.69) is 57.3 Å². The Kier molecular flexibility index (Phi) is 9.04. The zero-order valence-corrected chi connectivity index (χ0v) is 14.4. The summed E-state index contributed by atoms with van der Waals surface area (Å²) in [5, 5.41) is 3.48. The van der Waals surface area contributed by atoms with Crippen LogP contribution in [0.15, 0.2) is 29.2 Å². The molecule has 0 radical (unpaired) electrons. The number of unbranched alkanes of at least 4 members (excludes halogenated alkanes) is 1. The summed E-state index contributed by atoms with van der Waals surface area (Å²) in [7, 11) is 0. The standard InChI is InChI=1S/C18H31NS/c1-5-7-9-16(6-2)14-20-18-11-8-10-17(12-18)13-19-15(3)4/h8,10-12,15-16,19H,5-7,9,13-14H2,1-4H3. The summed E-state index contributed by atoms with van der Waals surface area (Å²) in [5.41, 5.74) is 1.39. The highest BCUT2D eigenvalue weighted by molar-refractivity contribution is 7.99. The molecule has 0 bridgehead atoms. The molecule has 0 spiro atoms. The largest absolute Gasteiger partial charge is 0.310 e. The molecule has 1 aromatic rings. The minimum absolute atomic E-state index is 0.546. The topological polar surface area (TPSA) is 12.0 Å². The van der Waals surface area contributed by atoms with Gasteiger partial charge in [0.1, 0.15) is 0 Å². The van der Waals surface area contributed by atoms with E-state index in [1.165, 1.54) is 41.9 Å². The molecule has 0 heterocycles. The van der Waals surface area contributed by atoms with Crippen LogP contribution in [0, 0.1) is 5.92 Å². The van der Waals surface area contributed by atoms with Crippen LogP contribution < -0.4 is 5.32 Å². The first kappa shape index (κ1) is 17.6. The van der Waals surface area contributed by atoms with Crippen molar-refractivity contribution in [2.75, 3.05) is 5.75 Å². The first-order valence-electron chi connectivity index (χ1n) is 8.10. The van der Waals surface area contributed by atoms with Crippen molar-refractivity contribution in [3.05, 3.63) is 29.8 Å². The van der Waals surface area contributed by atoms with Crippen molar-refractivity contribution in [3.8, 4) is 0 Å². The molecule has 1 nitrogen and oxygen atoms in total. The molecule has 0 saturated carbocycles. The first-order valence-corrected chi connectivity index (χ1v) is 9.09. The molecular formula is C18H31NS. The van der Waals surface area contributed by atoms with E-state index >= 15 is 0 Å². The van der Waals surface area contributed by atoms with Crippen LogP contribution in [0.1, 0.15) is 58.9 Å². The molecule has 0 aliphatic rings. The number of hydrogen-bond donors (Lipinski definition) is 1. The molecular weight excluding hydrogens is 262 g/mol. The Morgan fingerprint density at radius 2 is 2.00 bits per heavy atom. The Morgan fingerprint density at radius 1 is 1.20 bits per heavy atom. The smallest absolute Gasteiger partial charge is 0.0208 e. The fourth-order valence-corrected chi connectivity index (χ4v) is 3.42. The van der Waals surface area contributed by atoms with Gasteiger partial charge >= 0.3 is 0 Å². The lowest BCUT2D eigenvalue weighted by molar-refractivity contribution is 0.499. The third-order valence-electron chi connectivity index (χ3n) is 3.64. The van der Waals surface area contributed by atoms with Crippen molar-refractivity contribution in [1.82, 2.24) is 5.32 Å². The van der Waals surface area contributed by atoms with Gasteiger partial charge in [0, 0.05) is 23.2 Å². The summed E-state index contributed by atoms with van der Waals surface area (Å²) in [6.07, 6.45) is 5.38. The number of rotatable bonds is 10. The quantitative estimate of drug-likeness (QED) is 0.572. The molecule has 0 amide bonds. The molecule has 1 aromatic carbocycles. The summed E-state index contributed by atoms with van der Waals surface area (Å²) in [6.45, 7) is 9.96. The van der Waals surface area contributed by atoms with Gasteiger partial charge < -0.3 is 5.32 Å². The van der Waals surface area contributed by atoms with Crippen molar-refractivity contribution in [1.29, 1.82) is 0 Å². The lowest BCUT2D eigenvalue weighted by Gasteiger charge is -2.14. The van der Waals surface area contributed by atoms with Crippen LogP contribution in [-0.2, 0) is 6.54 Å². The van der Waals surface area contributed by atoms with Gasteiger partial charge in [0.25, 0.3) is 0 Å². The van der Waals surface area contributed by atoms with Crippen molar-refractivity contribution >= 4 is 11.8 Å². The summed E-state index contributed by atoms with van der Waals surface area (Å²) in [6, 6.07) is 9.54. The Balaban J connectivity index is 2.44. The highest BCUT2D eigenvalue weighted by Crippen LogP contribution is 2.25. The second-order valence-corrected chi connectivity index (χ2v) is 7.00. The molecule has 0 fully saturated rings. The van der Waals surface area contributed by atoms with Crippen LogP contribution in [0.5, 0.6) is 0 Å². The predicted molar refractivity (Wildman–Crippen MR) is 92.4 cm³/mol. The molecule has 1 N–H and O–H groups in total. The third-order valence-corrected chi connectivity index (χ3v) is 4.87. The summed E-state index contributed by atoms with van der Waals surface area (Å²) in [4.78, 5) is 1.42. The van der Waals surface area contributed by atoms with Gasteiger partial charge in [-0.15, -0.1) is 11.8 Å². The van der Waals surface area contributed by atoms with Crippen molar-refractivity contribution in [2.45, 2.75) is 70.9 Å². The second-order valence-electron chi connectivity index (χ2n) is 5.91. The van der Waals surface area contributed by atoms with Gasteiger partial charge in [0.15, 0.2) is 0 Å². The zero-order chi connectivity index (χ0) is 14.8. The number of benzene rings is 1. The molecule has 20 heavy (non-hydrogen) atoms. The summed E-state index contributed by atoms with van der Waals surface area (Å²) in [5.74, 6) is 2.13. The van der Waals surface area contributed by atoms with Gasteiger partial charge in [0.05, 0.1) is 0 Å². The molecule has 0 aliphatic heterocycles. The van der Waals surface area contributed by atoms with Crippen LogP contribution in [0.2, 0.25) is 0 Å². The maximum absolute atomic E-state index is 3.48. The molecule has 114 valence electrons. The Morgan fingerprint density at radius 3 is 2.65 bits per heavy atom. The van der Waals surface area contributed by atoms with Gasteiger partial charge in [0.2, 0.25) is 0 Å². The van der Waals surface area contributed by atoms with Gasteiger partial charge in [-0.1, -0.05) is 59.1 Å². The SMILES string of the molecule is CCCCC(CC)CSc1cccc(CNC(C)C)c1. The minimum atomic E-state index is 0.546. The highest BCUT2D eigenvalue weighted by atomic mass is 32.2. The predicted octanol–water partition coefficient (Wildman–Crippen LogP) is 5.49. The van der Waals surface area contributed by atoms with Crippen molar-refractivity contribution in [3.63, 3.8) is 0 Å². The number of hydrogen-bond acceptors (Lipinski definition) is 2. The molecule has 0 aliphatic carbocycles. The lowest BCUT2D eigenvalue weighted by atomic mass is 10.0. The van der Waals surface area contributed by atoms with E-state index in [0.29, 0.717) is 6.04 Å². The van der Waals surface area contributed by atoms with E-state index in [1.807, 2.05) is 11.8 Å². The van der Waals surface area contributed by atoms with Crippen molar-refractivity contribution < 1.29 is 0 Å². The fourth-order valence-electron chi connectivity index (χ4n) is 2.18. The monoisotopic (exact) mass is 293 g/mol. The maximum atomic E-state index is 3.48. The van der Waals surface area contributed by atoms with Crippen LogP contribution in [0.25, 0.3) is 0 Å². The highest BCUT2D eigenvalue weighted by Gasteiger charge is 2.07.